The molecule has 0 bridgehead atoms. The third-order valence-corrected chi connectivity index (χ3v) is 5.24. The largest absolute Gasteiger partial charge is 0.398 e. The quantitative estimate of drug-likeness (QED) is 0.788. The van der Waals surface area contributed by atoms with Crippen molar-refractivity contribution in [1.29, 1.82) is 0 Å². The molecule has 3 rings (SSSR count). The number of primary sulfonamides is 1. The monoisotopic (exact) mass is 310 g/mol. The van der Waals surface area contributed by atoms with Gasteiger partial charge in [0, 0.05) is 38.4 Å². The standard InChI is InChI=1S/C14H22N4O2S/c15-13-9-12(3-4-14(13)21(16,19)20)18-7-5-17(6-8-18)10-11-1-2-11/h3-4,9,11H,1-2,5-8,10,15H2,(H2,16,19,20). The second-order valence-corrected chi connectivity index (χ2v) is 7.53. The fraction of sp³-hybridized carbons (Fsp3) is 0.571. The molecular formula is C14H22N4O2S. The Labute approximate surface area is 125 Å². The van der Waals surface area contributed by atoms with Crippen LogP contribution in [0.5, 0.6) is 0 Å². The zero-order valence-electron chi connectivity index (χ0n) is 12.0. The minimum Gasteiger partial charge on any atom is -0.398 e. The molecule has 0 unspecified atom stereocenters. The SMILES string of the molecule is Nc1cc(N2CCN(CC3CC3)CC2)ccc1S(N)(=O)=O. The summed E-state index contributed by atoms with van der Waals surface area (Å²) in [6.45, 7) is 5.21. The maximum absolute atomic E-state index is 11.4. The van der Waals surface area contributed by atoms with E-state index in [0.29, 0.717) is 0 Å². The van der Waals surface area contributed by atoms with Crippen molar-refractivity contribution in [2.75, 3.05) is 43.4 Å². The second-order valence-electron chi connectivity index (χ2n) is 6.00. The van der Waals surface area contributed by atoms with E-state index in [2.05, 4.69) is 9.80 Å². The van der Waals surface area contributed by atoms with Crippen LogP contribution in [0.2, 0.25) is 0 Å². The first-order valence-corrected chi connectivity index (χ1v) is 8.88. The number of rotatable bonds is 4. The number of piperazine rings is 1. The zero-order chi connectivity index (χ0) is 15.0. The number of nitrogen functional groups attached to an aromatic ring is 1. The highest BCUT2D eigenvalue weighted by molar-refractivity contribution is 7.89. The highest BCUT2D eigenvalue weighted by atomic mass is 32.2. The van der Waals surface area contributed by atoms with Crippen molar-refractivity contribution in [3.05, 3.63) is 18.2 Å². The Morgan fingerprint density at radius 2 is 1.81 bits per heavy atom. The Morgan fingerprint density at radius 3 is 2.33 bits per heavy atom. The lowest BCUT2D eigenvalue weighted by Crippen LogP contribution is -2.47. The highest BCUT2D eigenvalue weighted by Crippen LogP contribution is 2.30. The first-order valence-electron chi connectivity index (χ1n) is 7.33. The number of sulfonamides is 1. The van der Waals surface area contributed by atoms with E-state index in [0.717, 1.165) is 37.8 Å². The van der Waals surface area contributed by atoms with Crippen LogP contribution in [0.4, 0.5) is 11.4 Å². The van der Waals surface area contributed by atoms with Crippen LogP contribution in [-0.4, -0.2) is 46.0 Å². The summed E-state index contributed by atoms with van der Waals surface area (Å²) in [5.41, 5.74) is 7.00. The molecule has 1 saturated heterocycles. The topological polar surface area (TPSA) is 92.7 Å². The number of nitrogens with zero attached hydrogens (tertiary/aromatic N) is 2. The summed E-state index contributed by atoms with van der Waals surface area (Å²) in [6.07, 6.45) is 2.76. The van der Waals surface area contributed by atoms with Gasteiger partial charge in [0.25, 0.3) is 0 Å². The summed E-state index contributed by atoms with van der Waals surface area (Å²) in [6, 6.07) is 4.99. The molecule has 0 aromatic heterocycles. The Kier molecular flexibility index (Phi) is 3.81. The lowest BCUT2D eigenvalue weighted by molar-refractivity contribution is 0.248. The van der Waals surface area contributed by atoms with Gasteiger partial charge in [-0.25, -0.2) is 13.6 Å². The molecule has 0 spiro atoms. The van der Waals surface area contributed by atoms with Crippen LogP contribution in [0.15, 0.2) is 23.1 Å². The Balaban J connectivity index is 1.66. The van der Waals surface area contributed by atoms with Crippen molar-refractivity contribution < 1.29 is 8.42 Å². The van der Waals surface area contributed by atoms with Crippen molar-refractivity contribution in [2.45, 2.75) is 17.7 Å². The van der Waals surface area contributed by atoms with E-state index in [9.17, 15) is 8.42 Å². The Bertz CT molecular complexity index is 620. The lowest BCUT2D eigenvalue weighted by Gasteiger charge is -2.36. The van der Waals surface area contributed by atoms with E-state index < -0.39 is 10.0 Å². The highest BCUT2D eigenvalue weighted by Gasteiger charge is 2.26. The number of nitrogens with two attached hydrogens (primary N) is 2. The molecule has 2 fully saturated rings. The van der Waals surface area contributed by atoms with Gasteiger partial charge in [0.2, 0.25) is 10.0 Å². The lowest BCUT2D eigenvalue weighted by atomic mass is 10.2. The average molecular weight is 310 g/mol. The van der Waals surface area contributed by atoms with E-state index >= 15 is 0 Å². The Morgan fingerprint density at radius 1 is 1.14 bits per heavy atom. The number of benzene rings is 1. The summed E-state index contributed by atoms with van der Waals surface area (Å²) in [7, 11) is -3.75. The van der Waals surface area contributed by atoms with Crippen LogP contribution >= 0.6 is 0 Å². The van der Waals surface area contributed by atoms with Crippen molar-refractivity contribution in [1.82, 2.24) is 4.90 Å². The fourth-order valence-electron chi connectivity index (χ4n) is 2.85. The predicted octanol–water partition coefficient (Wildman–Crippen LogP) is 0.448. The van der Waals surface area contributed by atoms with Crippen molar-refractivity contribution in [3.63, 3.8) is 0 Å². The average Bonchev–Trinajstić information content (AvgIpc) is 3.22. The summed E-state index contributed by atoms with van der Waals surface area (Å²) < 4.78 is 22.7. The van der Waals surface area contributed by atoms with Crippen molar-refractivity contribution in [3.8, 4) is 0 Å². The van der Waals surface area contributed by atoms with Gasteiger partial charge in [-0.3, -0.25) is 4.90 Å². The van der Waals surface area contributed by atoms with Crippen LogP contribution in [-0.2, 0) is 10.0 Å². The molecule has 6 nitrogen and oxygen atoms in total. The van der Waals surface area contributed by atoms with Gasteiger partial charge in [-0.15, -0.1) is 0 Å². The maximum atomic E-state index is 11.4. The summed E-state index contributed by atoms with van der Waals surface area (Å²) in [5, 5.41) is 5.13. The van der Waals surface area contributed by atoms with Crippen LogP contribution < -0.4 is 15.8 Å². The molecule has 0 atom stereocenters. The summed E-state index contributed by atoms with van der Waals surface area (Å²) >= 11 is 0. The number of hydrogen-bond acceptors (Lipinski definition) is 5. The van der Waals surface area contributed by atoms with Gasteiger partial charge >= 0.3 is 0 Å². The van der Waals surface area contributed by atoms with E-state index in [-0.39, 0.29) is 10.6 Å². The minimum atomic E-state index is -3.75. The summed E-state index contributed by atoms with van der Waals surface area (Å²) in [5.74, 6) is 0.918. The van der Waals surface area contributed by atoms with Crippen LogP contribution in [0.1, 0.15) is 12.8 Å². The van der Waals surface area contributed by atoms with E-state index in [1.54, 1.807) is 12.1 Å². The second kappa shape index (κ2) is 5.47. The first-order chi connectivity index (χ1) is 9.93. The predicted molar refractivity (Wildman–Crippen MR) is 83.6 cm³/mol. The van der Waals surface area contributed by atoms with Gasteiger partial charge in [0.1, 0.15) is 4.90 Å². The normalized spacial score (nSPS) is 20.7. The molecule has 0 amide bonds. The van der Waals surface area contributed by atoms with Crippen LogP contribution in [0.3, 0.4) is 0 Å². The fourth-order valence-corrected chi connectivity index (χ4v) is 3.49. The number of hydrogen-bond donors (Lipinski definition) is 2. The smallest absolute Gasteiger partial charge is 0.240 e. The van der Waals surface area contributed by atoms with Gasteiger partial charge in [-0.05, 0) is 37.0 Å². The molecule has 1 aromatic carbocycles. The molecule has 7 heteroatoms. The molecule has 1 aliphatic heterocycles. The molecule has 4 N–H and O–H groups in total. The molecule has 1 aliphatic carbocycles. The van der Waals surface area contributed by atoms with E-state index in [1.807, 2.05) is 0 Å². The molecule has 1 heterocycles. The molecule has 116 valence electrons. The van der Waals surface area contributed by atoms with Gasteiger partial charge in [-0.2, -0.15) is 0 Å². The molecule has 21 heavy (non-hydrogen) atoms. The third-order valence-electron chi connectivity index (χ3n) is 4.25. The van der Waals surface area contributed by atoms with Crippen molar-refractivity contribution in [2.24, 2.45) is 11.1 Å². The molecule has 0 radical (unpaired) electrons. The third kappa shape index (κ3) is 3.48. The number of anilines is 2. The van der Waals surface area contributed by atoms with Crippen molar-refractivity contribution >= 4 is 21.4 Å². The molecular weight excluding hydrogens is 288 g/mol. The first kappa shape index (κ1) is 14.6. The van der Waals surface area contributed by atoms with E-state index in [4.69, 9.17) is 10.9 Å². The van der Waals surface area contributed by atoms with E-state index in [1.165, 1.54) is 25.5 Å². The molecule has 1 saturated carbocycles. The molecule has 1 aromatic rings. The van der Waals surface area contributed by atoms with Gasteiger partial charge in [-0.1, -0.05) is 0 Å². The van der Waals surface area contributed by atoms with Crippen LogP contribution in [0, 0.1) is 5.92 Å². The van der Waals surface area contributed by atoms with Gasteiger partial charge in [0.15, 0.2) is 0 Å². The van der Waals surface area contributed by atoms with Gasteiger partial charge < -0.3 is 10.6 Å². The molecule has 2 aliphatic rings. The minimum absolute atomic E-state index is 0.00128. The van der Waals surface area contributed by atoms with Crippen LogP contribution in [0.25, 0.3) is 0 Å². The zero-order valence-corrected chi connectivity index (χ0v) is 12.8. The van der Waals surface area contributed by atoms with Gasteiger partial charge in [0.05, 0.1) is 5.69 Å². The maximum Gasteiger partial charge on any atom is 0.240 e. The Hall–Kier alpha value is -1.31. The summed E-state index contributed by atoms with van der Waals surface area (Å²) in [4.78, 5) is 4.75.